The van der Waals surface area contributed by atoms with Crippen molar-refractivity contribution in [2.24, 2.45) is 0 Å². The largest absolute Gasteiger partial charge is 0.467 e. The van der Waals surface area contributed by atoms with Gasteiger partial charge in [-0.15, -0.1) is 0 Å². The van der Waals surface area contributed by atoms with Gasteiger partial charge in [-0.05, 0) is 41.2 Å². The molecule has 2 aromatic carbocycles. The van der Waals surface area contributed by atoms with E-state index in [1.165, 1.54) is 20.3 Å². The van der Waals surface area contributed by atoms with E-state index in [9.17, 15) is 9.59 Å². The maximum Gasteiger partial charge on any atom is 0.331 e. The Kier molecular flexibility index (Phi) is 5.50. The zero-order valence-electron chi connectivity index (χ0n) is 18.7. The predicted octanol–water partition coefficient (Wildman–Crippen LogP) is 4.34. The van der Waals surface area contributed by atoms with Crippen LogP contribution < -0.4 is 0 Å². The van der Waals surface area contributed by atoms with E-state index in [4.69, 9.17) is 9.47 Å². The molecule has 0 radical (unpaired) electrons. The van der Waals surface area contributed by atoms with Crippen LogP contribution in [0.5, 0.6) is 0 Å². The van der Waals surface area contributed by atoms with Crippen molar-refractivity contribution in [3.63, 3.8) is 0 Å². The lowest BCUT2D eigenvalue weighted by Gasteiger charge is -2.47. The highest BCUT2D eigenvalue weighted by Gasteiger charge is 2.46. The minimum Gasteiger partial charge on any atom is -0.467 e. The zero-order valence-corrected chi connectivity index (χ0v) is 18.7. The van der Waals surface area contributed by atoms with Gasteiger partial charge in [-0.25, -0.2) is 9.59 Å². The molecule has 3 aromatic rings. The molecule has 5 rings (SSSR count). The summed E-state index contributed by atoms with van der Waals surface area (Å²) in [5.41, 5.74) is 4.23. The number of esters is 2. The molecule has 168 valence electrons. The van der Waals surface area contributed by atoms with Crippen LogP contribution in [0.4, 0.5) is 0 Å². The number of hydrogen-bond acceptors (Lipinski definition) is 5. The van der Waals surface area contributed by atoms with E-state index in [2.05, 4.69) is 39.9 Å². The first kappa shape index (κ1) is 21.1. The molecule has 33 heavy (non-hydrogen) atoms. The van der Waals surface area contributed by atoms with E-state index in [-0.39, 0.29) is 17.9 Å². The fourth-order valence-electron chi connectivity index (χ4n) is 5.17. The number of benzene rings is 2. The Bertz CT molecular complexity index is 1260. The third-order valence-corrected chi connectivity index (χ3v) is 6.66. The first-order chi connectivity index (χ1) is 16.1. The third-order valence-electron chi connectivity index (χ3n) is 6.66. The van der Waals surface area contributed by atoms with Crippen molar-refractivity contribution in [2.75, 3.05) is 14.2 Å². The molecule has 0 saturated carbocycles. The second-order valence-corrected chi connectivity index (χ2v) is 8.47. The number of hydrogen-bond donors (Lipinski definition) is 0. The molecule has 0 spiro atoms. The van der Waals surface area contributed by atoms with Gasteiger partial charge in [0.05, 0.1) is 20.3 Å². The molecule has 3 heterocycles. The third kappa shape index (κ3) is 3.71. The summed E-state index contributed by atoms with van der Waals surface area (Å²) in [5, 5.41) is 1.08. The molecule has 1 aromatic heterocycles. The highest BCUT2D eigenvalue weighted by atomic mass is 16.5. The number of ether oxygens (including phenoxy) is 2. The molecule has 6 heteroatoms. The van der Waals surface area contributed by atoms with Crippen LogP contribution in [0.25, 0.3) is 10.9 Å². The molecule has 1 unspecified atom stereocenters. The standard InChI is InChI=1S/C27H26N2O4/c1-32-25(30)13-12-20-17-28(16-18-8-4-3-5-9-18)24-15-21(20)23-14-19-10-6-7-11-22(19)29(23)26(24)27(31)33-2/h3-14,17,21,24,26H,15-16H2,1-2H3/b13-12+/t21-,24-,26?/m1/s1. The quantitative estimate of drug-likeness (QED) is 0.435. The van der Waals surface area contributed by atoms with Crippen molar-refractivity contribution in [2.45, 2.75) is 31.0 Å². The van der Waals surface area contributed by atoms with Gasteiger partial charge in [0.15, 0.2) is 6.04 Å². The molecule has 6 nitrogen and oxygen atoms in total. The molecular formula is C27H26N2O4. The molecule has 0 N–H and O–H groups in total. The average Bonchev–Trinajstić information content (AvgIpc) is 3.24. The normalized spacial score (nSPS) is 21.6. The van der Waals surface area contributed by atoms with Crippen molar-refractivity contribution < 1.29 is 19.1 Å². The zero-order chi connectivity index (χ0) is 22.9. The van der Waals surface area contributed by atoms with Crippen LogP contribution in [0.15, 0.2) is 84.6 Å². The van der Waals surface area contributed by atoms with Crippen molar-refractivity contribution in [3.05, 3.63) is 95.8 Å². The van der Waals surface area contributed by atoms with Gasteiger partial charge < -0.3 is 18.9 Å². The van der Waals surface area contributed by atoms with Crippen LogP contribution in [0, 0.1) is 0 Å². The number of para-hydroxylation sites is 1. The fourth-order valence-corrected chi connectivity index (χ4v) is 5.17. The van der Waals surface area contributed by atoms with Crippen LogP contribution >= 0.6 is 0 Å². The van der Waals surface area contributed by atoms with Crippen LogP contribution in [-0.2, 0) is 25.6 Å². The molecular weight excluding hydrogens is 416 g/mol. The van der Waals surface area contributed by atoms with Gasteiger partial charge in [-0.1, -0.05) is 48.5 Å². The Morgan fingerprint density at radius 1 is 1.03 bits per heavy atom. The summed E-state index contributed by atoms with van der Waals surface area (Å²) in [6.45, 7) is 0.649. The first-order valence-corrected chi connectivity index (χ1v) is 11.1. The van der Waals surface area contributed by atoms with Gasteiger partial charge in [0.1, 0.15) is 0 Å². The molecule has 3 atom stereocenters. The summed E-state index contributed by atoms with van der Waals surface area (Å²) in [5.74, 6) is -0.589. The number of rotatable bonds is 5. The molecule has 0 amide bonds. The van der Waals surface area contributed by atoms with E-state index >= 15 is 0 Å². The molecule has 0 fully saturated rings. The van der Waals surface area contributed by atoms with E-state index in [0.717, 1.165) is 34.2 Å². The number of fused-ring (bicyclic) bond motifs is 6. The Hall–Kier alpha value is -3.80. The maximum atomic E-state index is 13.1. The van der Waals surface area contributed by atoms with Gasteiger partial charge in [0.2, 0.25) is 0 Å². The lowest BCUT2D eigenvalue weighted by Crippen LogP contribution is -2.49. The summed E-state index contributed by atoms with van der Waals surface area (Å²) in [4.78, 5) is 27.2. The van der Waals surface area contributed by atoms with E-state index < -0.39 is 12.0 Å². The van der Waals surface area contributed by atoms with Gasteiger partial charge in [0.25, 0.3) is 0 Å². The number of carbonyl (C=O) groups excluding carboxylic acids is 2. The van der Waals surface area contributed by atoms with E-state index in [1.54, 1.807) is 0 Å². The average molecular weight is 443 g/mol. The van der Waals surface area contributed by atoms with Gasteiger partial charge in [-0.3, -0.25) is 0 Å². The minimum atomic E-state index is -0.466. The predicted molar refractivity (Wildman–Crippen MR) is 125 cm³/mol. The number of carbonyl (C=O) groups is 2. The summed E-state index contributed by atoms with van der Waals surface area (Å²) < 4.78 is 12.2. The summed E-state index contributed by atoms with van der Waals surface area (Å²) in [7, 11) is 2.82. The van der Waals surface area contributed by atoms with E-state index in [1.807, 2.05) is 42.5 Å². The molecule has 2 aliphatic heterocycles. The first-order valence-electron chi connectivity index (χ1n) is 11.1. The Balaban J connectivity index is 1.67. The maximum absolute atomic E-state index is 13.1. The smallest absolute Gasteiger partial charge is 0.331 e. The summed E-state index contributed by atoms with van der Waals surface area (Å²) in [6.07, 6.45) is 6.14. The lowest BCUT2D eigenvalue weighted by atomic mass is 9.79. The van der Waals surface area contributed by atoms with E-state index in [0.29, 0.717) is 6.54 Å². The van der Waals surface area contributed by atoms with Crippen molar-refractivity contribution in [1.29, 1.82) is 0 Å². The second kappa shape index (κ2) is 8.62. The Morgan fingerprint density at radius 3 is 2.55 bits per heavy atom. The molecule has 0 saturated heterocycles. The number of methoxy groups -OCH3 is 2. The minimum absolute atomic E-state index is 0.0521. The monoisotopic (exact) mass is 442 g/mol. The summed E-state index contributed by atoms with van der Waals surface area (Å²) in [6, 6.07) is 19.9. The van der Waals surface area contributed by atoms with Crippen LogP contribution in [0.3, 0.4) is 0 Å². The number of allylic oxidation sites excluding steroid dienone is 2. The van der Waals surface area contributed by atoms with Gasteiger partial charge in [0, 0.05) is 35.9 Å². The van der Waals surface area contributed by atoms with Crippen molar-refractivity contribution in [1.82, 2.24) is 9.47 Å². The topological polar surface area (TPSA) is 60.8 Å². The molecule has 2 bridgehead atoms. The van der Waals surface area contributed by atoms with Gasteiger partial charge >= 0.3 is 11.9 Å². The molecule has 2 aliphatic rings. The van der Waals surface area contributed by atoms with Gasteiger partial charge in [-0.2, -0.15) is 0 Å². The number of nitrogens with zero attached hydrogens (tertiary/aromatic N) is 2. The highest BCUT2D eigenvalue weighted by molar-refractivity contribution is 5.86. The highest BCUT2D eigenvalue weighted by Crippen LogP contribution is 2.47. The lowest BCUT2D eigenvalue weighted by molar-refractivity contribution is -0.147. The van der Waals surface area contributed by atoms with Crippen LogP contribution in [-0.4, -0.2) is 41.7 Å². The summed E-state index contributed by atoms with van der Waals surface area (Å²) >= 11 is 0. The SMILES string of the molecule is COC(=O)/C=C/C1=CN(Cc2ccccc2)[C@@H]2C[C@H]1c1cc3ccccc3n1C2C(=O)OC. The van der Waals surface area contributed by atoms with Crippen LogP contribution in [0.2, 0.25) is 0 Å². The fraction of sp³-hybridized carbons (Fsp3) is 0.259. The number of aromatic nitrogens is 1. The Morgan fingerprint density at radius 2 is 1.79 bits per heavy atom. The molecule has 0 aliphatic carbocycles. The van der Waals surface area contributed by atoms with Crippen molar-refractivity contribution >= 4 is 22.8 Å². The van der Waals surface area contributed by atoms with Crippen molar-refractivity contribution in [3.8, 4) is 0 Å². The Labute approximate surface area is 192 Å². The second-order valence-electron chi connectivity index (χ2n) is 8.47. The van der Waals surface area contributed by atoms with Crippen LogP contribution in [0.1, 0.15) is 29.6 Å².